The fraction of sp³-hybridized carbons (Fsp3) is 0.125. The number of nitrogens with zero attached hydrogens (tertiary/aromatic N) is 2. The Morgan fingerprint density at radius 3 is 2.26 bits per heavy atom. The molecule has 5 aromatic rings. The number of halogens is 1. The van der Waals surface area contributed by atoms with Crippen LogP contribution in [0.1, 0.15) is 53.0 Å². The van der Waals surface area contributed by atoms with Gasteiger partial charge in [0, 0.05) is 40.1 Å². The lowest BCUT2D eigenvalue weighted by Crippen LogP contribution is -2.17. The van der Waals surface area contributed by atoms with E-state index < -0.39 is 17.7 Å². The molecule has 0 aliphatic heterocycles. The number of carbonyl (C=O) groups is 2. The summed E-state index contributed by atoms with van der Waals surface area (Å²) in [7, 11) is 0. The fourth-order valence-corrected chi connectivity index (χ4v) is 5.18. The summed E-state index contributed by atoms with van der Waals surface area (Å²) in [6.45, 7) is 3.08. The molecule has 0 saturated carbocycles. The quantitative estimate of drug-likeness (QED) is 0.218. The van der Waals surface area contributed by atoms with E-state index in [0.717, 1.165) is 28.2 Å². The summed E-state index contributed by atoms with van der Waals surface area (Å²) in [6, 6.07) is 24.5. The molecule has 0 saturated heterocycles. The summed E-state index contributed by atoms with van der Waals surface area (Å²) in [5.74, 6) is -2.69. The minimum atomic E-state index is -1.20. The predicted octanol–water partition coefficient (Wildman–Crippen LogP) is 6.89. The highest BCUT2D eigenvalue weighted by Crippen LogP contribution is 2.39. The van der Waals surface area contributed by atoms with Crippen molar-refractivity contribution >= 4 is 28.4 Å². The van der Waals surface area contributed by atoms with E-state index in [4.69, 9.17) is 5.41 Å². The van der Waals surface area contributed by atoms with Crippen LogP contribution in [0, 0.1) is 11.2 Å². The van der Waals surface area contributed by atoms with Crippen molar-refractivity contribution in [1.82, 2.24) is 9.55 Å². The normalized spacial score (nSPS) is 12.7. The van der Waals surface area contributed by atoms with Gasteiger partial charge < -0.3 is 15.1 Å². The number of hydrogen-bond donors (Lipinski definition) is 2. The minimum absolute atomic E-state index is 0.135. The summed E-state index contributed by atoms with van der Waals surface area (Å²) in [6.07, 6.45) is 3.57. The van der Waals surface area contributed by atoms with Crippen molar-refractivity contribution in [3.8, 4) is 11.1 Å². The molecule has 0 radical (unpaired) electrons. The molecule has 39 heavy (non-hydrogen) atoms. The number of rotatable bonds is 8. The highest BCUT2D eigenvalue weighted by Gasteiger charge is 2.25. The molecular formula is C32H26FN3O3. The highest BCUT2D eigenvalue weighted by molar-refractivity contribution is 6.08. The molecule has 0 fully saturated rings. The van der Waals surface area contributed by atoms with Gasteiger partial charge in [-0.05, 0) is 55.3 Å². The van der Waals surface area contributed by atoms with Crippen molar-refractivity contribution in [2.45, 2.75) is 25.8 Å². The van der Waals surface area contributed by atoms with Crippen LogP contribution in [0.5, 0.6) is 0 Å². The molecule has 194 valence electrons. The Kier molecular flexibility index (Phi) is 6.90. The molecule has 2 atom stereocenters. The largest absolute Gasteiger partial charge is 0.478 e. The van der Waals surface area contributed by atoms with Gasteiger partial charge in [0.15, 0.2) is 0 Å². The predicted molar refractivity (Wildman–Crippen MR) is 149 cm³/mol. The first-order chi connectivity index (χ1) is 18.8. The van der Waals surface area contributed by atoms with Crippen LogP contribution in [0.25, 0.3) is 22.0 Å². The van der Waals surface area contributed by atoms with Gasteiger partial charge in [-0.2, -0.15) is 0 Å². The molecule has 7 heteroatoms. The maximum Gasteiger partial charge on any atom is 0.335 e. The van der Waals surface area contributed by atoms with Crippen LogP contribution in [0.2, 0.25) is 0 Å². The smallest absolute Gasteiger partial charge is 0.335 e. The summed E-state index contributed by atoms with van der Waals surface area (Å²) in [5.41, 5.74) is 4.07. The number of nitrogens with one attached hydrogen (secondary N) is 1. The summed E-state index contributed by atoms with van der Waals surface area (Å²) in [5, 5.41) is 18.3. The Balaban J connectivity index is 1.83. The summed E-state index contributed by atoms with van der Waals surface area (Å²) in [4.78, 5) is 28.5. The number of carboxylic acids is 1. The first-order valence-corrected chi connectivity index (χ1v) is 12.5. The van der Waals surface area contributed by atoms with Crippen LogP contribution in [-0.2, 0) is 4.79 Å². The summed E-state index contributed by atoms with van der Waals surface area (Å²) < 4.78 is 17.3. The van der Waals surface area contributed by atoms with E-state index in [1.807, 2.05) is 71.4 Å². The van der Waals surface area contributed by atoms with Gasteiger partial charge in [0.25, 0.3) is 0 Å². The molecule has 0 bridgehead atoms. The lowest BCUT2D eigenvalue weighted by atomic mass is 9.90. The fourth-order valence-electron chi connectivity index (χ4n) is 5.18. The van der Waals surface area contributed by atoms with E-state index in [0.29, 0.717) is 11.1 Å². The molecule has 5 rings (SSSR count). The highest BCUT2D eigenvalue weighted by atomic mass is 19.1. The third kappa shape index (κ3) is 4.86. The maximum absolute atomic E-state index is 15.3. The van der Waals surface area contributed by atoms with Gasteiger partial charge in [-0.3, -0.25) is 9.78 Å². The van der Waals surface area contributed by atoms with E-state index in [1.54, 1.807) is 19.2 Å². The zero-order valence-electron chi connectivity index (χ0n) is 21.4. The number of hydrogen-bond acceptors (Lipinski definition) is 4. The maximum atomic E-state index is 15.3. The number of Topliss-reactive ketones (excluding diaryl/α,β-unsaturated/α-hetero) is 1. The van der Waals surface area contributed by atoms with Gasteiger partial charge in [0.05, 0.1) is 17.2 Å². The molecule has 2 heterocycles. The van der Waals surface area contributed by atoms with Crippen LogP contribution in [0.3, 0.4) is 0 Å². The van der Waals surface area contributed by atoms with E-state index in [-0.39, 0.29) is 28.7 Å². The number of aromatic nitrogens is 2. The third-order valence-corrected chi connectivity index (χ3v) is 6.90. The Morgan fingerprint density at radius 1 is 0.897 bits per heavy atom. The summed E-state index contributed by atoms with van der Waals surface area (Å²) >= 11 is 0. The van der Waals surface area contributed by atoms with Crippen LogP contribution >= 0.6 is 0 Å². The Labute approximate surface area is 224 Å². The SMILES string of the molecule is CC(=N)C(C(C)=O)c1ccc2c(-c3ccc(C(=O)O)cc3F)cn(C(c3ccccc3)c3ccccn3)c2c1. The zero-order chi connectivity index (χ0) is 27.7. The van der Waals surface area contributed by atoms with Crippen LogP contribution < -0.4 is 0 Å². The van der Waals surface area contributed by atoms with E-state index in [1.165, 1.54) is 19.1 Å². The van der Waals surface area contributed by atoms with Gasteiger partial charge >= 0.3 is 5.97 Å². The molecule has 2 aromatic heterocycles. The molecule has 3 aromatic carbocycles. The van der Waals surface area contributed by atoms with Crippen molar-refractivity contribution in [3.05, 3.63) is 126 Å². The van der Waals surface area contributed by atoms with E-state index in [9.17, 15) is 14.7 Å². The number of fused-ring (bicyclic) bond motifs is 1. The second-order valence-corrected chi connectivity index (χ2v) is 9.52. The van der Waals surface area contributed by atoms with Crippen LogP contribution in [0.4, 0.5) is 4.39 Å². The molecule has 0 aliphatic carbocycles. The number of carbonyl (C=O) groups excluding carboxylic acids is 1. The second kappa shape index (κ2) is 10.5. The van der Waals surface area contributed by atoms with E-state index in [2.05, 4.69) is 4.98 Å². The number of pyridine rings is 1. The topological polar surface area (TPSA) is 96.0 Å². The number of benzene rings is 3. The molecule has 0 aliphatic rings. The van der Waals surface area contributed by atoms with Crippen LogP contribution in [0.15, 0.2) is 97.3 Å². The molecule has 2 unspecified atom stereocenters. The zero-order valence-corrected chi connectivity index (χ0v) is 21.4. The first kappa shape index (κ1) is 25.7. The molecule has 0 spiro atoms. The van der Waals surface area contributed by atoms with Crippen molar-refractivity contribution in [2.75, 3.05) is 0 Å². The Bertz CT molecular complexity index is 1660. The van der Waals surface area contributed by atoms with Gasteiger partial charge in [-0.1, -0.05) is 54.6 Å². The van der Waals surface area contributed by atoms with Gasteiger partial charge in [-0.15, -0.1) is 0 Å². The monoisotopic (exact) mass is 519 g/mol. The number of carboxylic acid groups (broad SMARTS) is 1. The standard InChI is InChI=1S/C32H26FN3O3/c1-19(34)30(20(2)37)22-11-14-25-26(24-13-12-23(32(38)39)16-27(24)33)18-36(29(25)17-22)31(21-8-4-3-5-9-21)28-10-6-7-15-35-28/h3-18,30-31,34H,1-2H3,(H,38,39). The lowest BCUT2D eigenvalue weighted by molar-refractivity contribution is -0.117. The second-order valence-electron chi connectivity index (χ2n) is 9.52. The van der Waals surface area contributed by atoms with E-state index >= 15 is 4.39 Å². The van der Waals surface area contributed by atoms with Gasteiger partial charge in [-0.25, -0.2) is 9.18 Å². The Hall–Kier alpha value is -4.91. The van der Waals surface area contributed by atoms with Crippen molar-refractivity contribution in [2.24, 2.45) is 0 Å². The lowest BCUT2D eigenvalue weighted by Gasteiger charge is -2.21. The molecule has 2 N–H and O–H groups in total. The van der Waals surface area contributed by atoms with Crippen molar-refractivity contribution in [3.63, 3.8) is 0 Å². The average molecular weight is 520 g/mol. The third-order valence-electron chi connectivity index (χ3n) is 6.90. The minimum Gasteiger partial charge on any atom is -0.478 e. The van der Waals surface area contributed by atoms with Gasteiger partial charge in [0.2, 0.25) is 0 Å². The van der Waals surface area contributed by atoms with Crippen molar-refractivity contribution < 1.29 is 19.1 Å². The van der Waals surface area contributed by atoms with Gasteiger partial charge in [0.1, 0.15) is 17.6 Å². The molecule has 6 nitrogen and oxygen atoms in total. The van der Waals surface area contributed by atoms with Crippen LogP contribution in [-0.4, -0.2) is 32.1 Å². The number of ketones is 1. The molecule has 0 amide bonds. The van der Waals surface area contributed by atoms with Crippen molar-refractivity contribution in [1.29, 1.82) is 5.41 Å². The number of aromatic carboxylic acids is 1. The first-order valence-electron chi connectivity index (χ1n) is 12.5. The average Bonchev–Trinajstić information content (AvgIpc) is 3.28. The Morgan fingerprint density at radius 2 is 1.64 bits per heavy atom. The molecular weight excluding hydrogens is 493 g/mol.